The summed E-state index contributed by atoms with van der Waals surface area (Å²) in [6.45, 7) is 3.32. The van der Waals surface area contributed by atoms with Crippen LogP contribution in [0.2, 0.25) is 5.02 Å². The molecule has 208 valence electrons. The van der Waals surface area contributed by atoms with Crippen molar-refractivity contribution in [3.05, 3.63) is 50.6 Å². The molecule has 9 nitrogen and oxygen atoms in total. The Bertz CT molecular complexity index is 1400. The van der Waals surface area contributed by atoms with E-state index in [9.17, 15) is 14.4 Å². The number of carbonyl (C=O) groups excluding carboxylic acids is 3. The molecule has 0 radical (unpaired) electrons. The molecule has 1 aliphatic carbocycles. The summed E-state index contributed by atoms with van der Waals surface area (Å²) in [7, 11) is 2.06. The third kappa shape index (κ3) is 5.79. The molecular formula is C27H32Cl2N6O3S. The average molecular weight is 592 g/mol. The zero-order valence-corrected chi connectivity index (χ0v) is 24.1. The van der Waals surface area contributed by atoms with Gasteiger partial charge in [0, 0.05) is 65.4 Å². The summed E-state index contributed by atoms with van der Waals surface area (Å²) >= 11 is 7.54. The van der Waals surface area contributed by atoms with E-state index in [1.54, 1.807) is 12.1 Å². The Morgan fingerprint density at radius 2 is 1.87 bits per heavy atom. The summed E-state index contributed by atoms with van der Waals surface area (Å²) in [5.41, 5.74) is 2.26. The highest BCUT2D eigenvalue weighted by molar-refractivity contribution is 7.13. The van der Waals surface area contributed by atoms with Gasteiger partial charge in [-0.1, -0.05) is 11.6 Å². The van der Waals surface area contributed by atoms with Crippen molar-refractivity contribution in [2.45, 2.75) is 50.7 Å². The lowest BCUT2D eigenvalue weighted by atomic mass is 9.81. The Labute approximate surface area is 242 Å². The molecule has 1 saturated carbocycles. The molecule has 3 atom stereocenters. The summed E-state index contributed by atoms with van der Waals surface area (Å²) in [4.78, 5) is 52.6. The second-order valence-corrected chi connectivity index (χ2v) is 12.2. The minimum absolute atomic E-state index is 0. The number of nitrogens with one attached hydrogen (secondary N) is 3. The van der Waals surface area contributed by atoms with Crippen LogP contribution in [-0.2, 0) is 17.8 Å². The first-order valence-electron chi connectivity index (χ1n) is 13.2. The Morgan fingerprint density at radius 3 is 2.64 bits per heavy atom. The molecule has 3 aliphatic rings. The van der Waals surface area contributed by atoms with E-state index < -0.39 is 0 Å². The number of aromatic amines is 1. The first-order chi connectivity index (χ1) is 18.3. The number of H-pyrrole nitrogens is 1. The monoisotopic (exact) mass is 590 g/mol. The number of hydrogen-bond donors (Lipinski definition) is 3. The largest absolute Gasteiger partial charge is 0.351 e. The van der Waals surface area contributed by atoms with E-state index in [1.165, 1.54) is 11.3 Å². The number of thiazole rings is 1. The maximum atomic E-state index is 13.3. The predicted molar refractivity (Wildman–Crippen MR) is 154 cm³/mol. The van der Waals surface area contributed by atoms with E-state index >= 15 is 0 Å². The summed E-state index contributed by atoms with van der Waals surface area (Å²) < 4.78 is 0. The number of rotatable bonds is 5. The second kappa shape index (κ2) is 11.4. The molecular weight excluding hydrogens is 559 g/mol. The van der Waals surface area contributed by atoms with Crippen LogP contribution in [0.4, 0.5) is 0 Å². The van der Waals surface area contributed by atoms with Gasteiger partial charge in [0.05, 0.1) is 11.7 Å². The number of aromatic nitrogens is 2. The number of likely N-dealkylation sites (tertiary alicyclic amines) is 1. The van der Waals surface area contributed by atoms with Crippen LogP contribution in [0.3, 0.4) is 0 Å². The maximum absolute atomic E-state index is 13.3. The van der Waals surface area contributed by atoms with Crippen LogP contribution in [0.5, 0.6) is 0 Å². The number of fused-ring (bicyclic) bond motifs is 2. The SMILES string of the molecule is CN1CCc2nc(C(=O)NC3CC(C(=O)N4CCC4)CCC3NC(=O)c3cc4cc(Cl)ccc4[nH]3)sc2C1.Cl. The lowest BCUT2D eigenvalue weighted by molar-refractivity contribution is -0.140. The molecule has 3 aromatic rings. The van der Waals surface area contributed by atoms with Crippen LogP contribution in [0.15, 0.2) is 24.3 Å². The second-order valence-electron chi connectivity index (χ2n) is 10.6. The number of likely N-dealkylation sites (N-methyl/N-ethyl adjacent to an activating group) is 1. The minimum Gasteiger partial charge on any atom is -0.351 e. The van der Waals surface area contributed by atoms with Crippen molar-refractivity contribution in [1.29, 1.82) is 0 Å². The number of hydrogen-bond acceptors (Lipinski definition) is 6. The van der Waals surface area contributed by atoms with E-state index in [-0.39, 0.29) is 48.1 Å². The molecule has 3 N–H and O–H groups in total. The smallest absolute Gasteiger partial charge is 0.280 e. The molecule has 0 bridgehead atoms. The molecule has 1 aromatic carbocycles. The van der Waals surface area contributed by atoms with Crippen molar-refractivity contribution in [2.75, 3.05) is 26.7 Å². The molecule has 0 spiro atoms. The van der Waals surface area contributed by atoms with E-state index in [1.807, 2.05) is 17.0 Å². The maximum Gasteiger partial charge on any atom is 0.280 e. The fourth-order valence-electron chi connectivity index (χ4n) is 5.64. The van der Waals surface area contributed by atoms with Gasteiger partial charge in [-0.15, -0.1) is 23.7 Å². The lowest BCUT2D eigenvalue weighted by Crippen LogP contribution is -2.57. The Morgan fingerprint density at radius 1 is 1.08 bits per heavy atom. The van der Waals surface area contributed by atoms with Gasteiger partial charge in [0.25, 0.3) is 11.8 Å². The zero-order valence-electron chi connectivity index (χ0n) is 21.7. The van der Waals surface area contributed by atoms with Gasteiger partial charge in [-0.3, -0.25) is 14.4 Å². The van der Waals surface area contributed by atoms with Crippen molar-refractivity contribution in [3.63, 3.8) is 0 Å². The summed E-state index contributed by atoms with van der Waals surface area (Å²) in [6, 6.07) is 6.53. The van der Waals surface area contributed by atoms with Crippen LogP contribution in [0.25, 0.3) is 10.9 Å². The Kier molecular flexibility index (Phi) is 8.19. The zero-order chi connectivity index (χ0) is 26.4. The van der Waals surface area contributed by atoms with Gasteiger partial charge < -0.3 is 25.4 Å². The third-order valence-electron chi connectivity index (χ3n) is 7.94. The van der Waals surface area contributed by atoms with Gasteiger partial charge >= 0.3 is 0 Å². The van der Waals surface area contributed by atoms with E-state index in [0.29, 0.717) is 35.0 Å². The van der Waals surface area contributed by atoms with Crippen LogP contribution in [-0.4, -0.2) is 76.3 Å². The highest BCUT2D eigenvalue weighted by Crippen LogP contribution is 2.30. The van der Waals surface area contributed by atoms with Crippen molar-refractivity contribution in [2.24, 2.45) is 5.92 Å². The Balaban J connectivity index is 0.00000308. The van der Waals surface area contributed by atoms with Gasteiger partial charge in [-0.25, -0.2) is 4.98 Å². The fraction of sp³-hybridized carbons (Fsp3) is 0.481. The number of amides is 3. The summed E-state index contributed by atoms with van der Waals surface area (Å²) in [5.74, 6) is -0.502. The van der Waals surface area contributed by atoms with E-state index in [2.05, 4.69) is 32.5 Å². The van der Waals surface area contributed by atoms with E-state index in [4.69, 9.17) is 11.6 Å². The molecule has 3 amide bonds. The van der Waals surface area contributed by atoms with Crippen LogP contribution in [0, 0.1) is 5.92 Å². The summed E-state index contributed by atoms with van der Waals surface area (Å²) in [5, 5.41) is 8.16. The first kappa shape index (κ1) is 27.9. The highest BCUT2D eigenvalue weighted by atomic mass is 35.5. The highest BCUT2D eigenvalue weighted by Gasteiger charge is 2.39. The van der Waals surface area contributed by atoms with Gasteiger partial charge in [0.15, 0.2) is 5.01 Å². The quantitative estimate of drug-likeness (QED) is 0.420. The van der Waals surface area contributed by atoms with Gasteiger partial charge in [-0.05, 0) is 57.0 Å². The molecule has 2 aliphatic heterocycles. The molecule has 2 aromatic heterocycles. The number of nitrogens with zero attached hydrogens (tertiary/aromatic N) is 3. The topological polar surface area (TPSA) is 110 Å². The minimum atomic E-state index is -0.377. The Hall–Kier alpha value is -2.66. The van der Waals surface area contributed by atoms with Crippen molar-refractivity contribution in [1.82, 2.24) is 30.4 Å². The van der Waals surface area contributed by atoms with Crippen LogP contribution >= 0.6 is 35.3 Å². The standard InChI is InChI=1S/C27H31ClN6O3S.ClH/c1-33-10-7-20-23(14-33)38-26(32-20)25(36)31-21-12-15(27(37)34-8-2-9-34)3-5-19(21)30-24(35)22-13-16-11-17(28)4-6-18(16)29-22;/h4,6,11,13,15,19,21,29H,2-3,5,7-10,12,14H2,1H3,(H,30,35)(H,31,36);1H. The van der Waals surface area contributed by atoms with Crippen molar-refractivity contribution >= 4 is 64.0 Å². The predicted octanol–water partition coefficient (Wildman–Crippen LogP) is 3.62. The van der Waals surface area contributed by atoms with Crippen molar-refractivity contribution < 1.29 is 14.4 Å². The van der Waals surface area contributed by atoms with Crippen LogP contribution in [0.1, 0.15) is 56.5 Å². The third-order valence-corrected chi connectivity index (χ3v) is 9.26. The molecule has 2 fully saturated rings. The molecule has 4 heterocycles. The normalized spacial score (nSPS) is 22.9. The molecule has 12 heteroatoms. The lowest BCUT2D eigenvalue weighted by Gasteiger charge is -2.40. The number of benzene rings is 1. The van der Waals surface area contributed by atoms with Gasteiger partial charge in [0.1, 0.15) is 5.69 Å². The van der Waals surface area contributed by atoms with Crippen molar-refractivity contribution in [3.8, 4) is 0 Å². The van der Waals surface area contributed by atoms with Gasteiger partial charge in [0.2, 0.25) is 5.91 Å². The van der Waals surface area contributed by atoms with Crippen LogP contribution < -0.4 is 10.6 Å². The fourth-order valence-corrected chi connectivity index (χ4v) is 6.92. The molecule has 1 saturated heterocycles. The molecule has 6 rings (SSSR count). The average Bonchev–Trinajstić information content (AvgIpc) is 3.47. The van der Waals surface area contributed by atoms with E-state index in [0.717, 1.165) is 60.5 Å². The number of carbonyl (C=O) groups is 3. The molecule has 39 heavy (non-hydrogen) atoms. The number of halogens is 2. The summed E-state index contributed by atoms with van der Waals surface area (Å²) in [6.07, 6.45) is 3.64. The molecule has 3 unspecified atom stereocenters. The van der Waals surface area contributed by atoms with Gasteiger partial charge in [-0.2, -0.15) is 0 Å². The first-order valence-corrected chi connectivity index (χ1v) is 14.4.